The fraction of sp³-hybridized carbons (Fsp3) is 0.185. The molecule has 0 aliphatic heterocycles. The van der Waals surface area contributed by atoms with Crippen molar-refractivity contribution in [3.63, 3.8) is 0 Å². The number of sulfonamides is 1. The van der Waals surface area contributed by atoms with Gasteiger partial charge in [-0.1, -0.05) is 48.0 Å². The zero-order valence-corrected chi connectivity index (χ0v) is 20.5. The van der Waals surface area contributed by atoms with E-state index in [0.717, 1.165) is 27.6 Å². The van der Waals surface area contributed by atoms with E-state index in [-0.39, 0.29) is 4.90 Å². The van der Waals surface area contributed by atoms with Gasteiger partial charge < -0.3 is 14.8 Å². The second kappa shape index (κ2) is 9.65. The van der Waals surface area contributed by atoms with E-state index in [0.29, 0.717) is 29.3 Å². The Morgan fingerprint density at radius 1 is 0.824 bits per heavy atom. The molecule has 0 aromatic heterocycles. The van der Waals surface area contributed by atoms with Crippen LogP contribution in [0.3, 0.4) is 0 Å². The van der Waals surface area contributed by atoms with E-state index in [1.165, 1.54) is 7.11 Å². The average Bonchev–Trinajstić information content (AvgIpc) is 2.84. The molecule has 6 nitrogen and oxygen atoms in total. The normalized spacial score (nSPS) is 11.3. The third-order valence-corrected chi connectivity index (χ3v) is 7.05. The van der Waals surface area contributed by atoms with Crippen molar-refractivity contribution in [2.24, 2.45) is 0 Å². The molecule has 0 saturated carbocycles. The smallest absolute Gasteiger partial charge is 0.261 e. The molecule has 0 fully saturated rings. The van der Waals surface area contributed by atoms with E-state index in [1.54, 1.807) is 37.4 Å². The fourth-order valence-corrected chi connectivity index (χ4v) is 5.06. The van der Waals surface area contributed by atoms with Crippen LogP contribution >= 0.6 is 0 Å². The van der Waals surface area contributed by atoms with Crippen LogP contribution in [0.25, 0.3) is 21.9 Å². The van der Waals surface area contributed by atoms with E-state index in [4.69, 9.17) is 9.47 Å². The van der Waals surface area contributed by atoms with E-state index in [2.05, 4.69) is 10.0 Å². The SMILES string of the molecule is CCNc1ccc2ccccc2c1-c1cc(OC)c(OC)cc1NS(=O)(=O)c1ccc(C)cc1. The van der Waals surface area contributed by atoms with Crippen LogP contribution in [0, 0.1) is 6.92 Å². The third kappa shape index (κ3) is 4.52. The number of ether oxygens (including phenoxy) is 2. The molecular formula is C27H28N2O4S. The first kappa shape index (κ1) is 23.4. The molecule has 0 aliphatic rings. The number of hydrogen-bond donors (Lipinski definition) is 2. The van der Waals surface area contributed by atoms with Crippen LogP contribution in [-0.4, -0.2) is 29.2 Å². The van der Waals surface area contributed by atoms with Crippen molar-refractivity contribution in [2.45, 2.75) is 18.7 Å². The molecule has 0 spiro atoms. The second-order valence-corrected chi connectivity index (χ2v) is 9.59. The first-order valence-electron chi connectivity index (χ1n) is 11.0. The van der Waals surface area contributed by atoms with Crippen LogP contribution in [-0.2, 0) is 10.0 Å². The lowest BCUT2D eigenvalue weighted by Gasteiger charge is -2.20. The maximum absolute atomic E-state index is 13.3. The number of hydrogen-bond acceptors (Lipinski definition) is 5. The molecule has 0 saturated heterocycles. The van der Waals surface area contributed by atoms with Gasteiger partial charge in [-0.25, -0.2) is 8.42 Å². The highest BCUT2D eigenvalue weighted by molar-refractivity contribution is 7.92. The fourth-order valence-electron chi connectivity index (χ4n) is 3.99. The number of rotatable bonds is 8. The Kier molecular flexibility index (Phi) is 6.65. The van der Waals surface area contributed by atoms with Crippen molar-refractivity contribution in [1.29, 1.82) is 0 Å². The van der Waals surface area contributed by atoms with Crippen LogP contribution in [0.4, 0.5) is 11.4 Å². The summed E-state index contributed by atoms with van der Waals surface area (Å²) in [5, 5.41) is 5.44. The van der Waals surface area contributed by atoms with Gasteiger partial charge in [-0.3, -0.25) is 4.72 Å². The molecule has 0 atom stereocenters. The van der Waals surface area contributed by atoms with Crippen molar-refractivity contribution < 1.29 is 17.9 Å². The number of aryl methyl sites for hydroxylation is 1. The molecule has 7 heteroatoms. The Balaban J connectivity index is 1.98. The summed E-state index contributed by atoms with van der Waals surface area (Å²) < 4.78 is 40.5. The predicted octanol–water partition coefficient (Wildman–Crippen LogP) is 6.07. The lowest BCUT2D eigenvalue weighted by molar-refractivity contribution is 0.355. The van der Waals surface area contributed by atoms with Crippen molar-refractivity contribution in [2.75, 3.05) is 30.8 Å². The van der Waals surface area contributed by atoms with Gasteiger partial charge in [-0.2, -0.15) is 0 Å². The number of benzene rings is 4. The summed E-state index contributed by atoms with van der Waals surface area (Å²) in [6.07, 6.45) is 0. The summed E-state index contributed by atoms with van der Waals surface area (Å²) in [6.45, 7) is 4.65. The Labute approximate surface area is 200 Å². The molecule has 34 heavy (non-hydrogen) atoms. The van der Waals surface area contributed by atoms with Gasteiger partial charge in [-0.15, -0.1) is 0 Å². The number of anilines is 2. The largest absolute Gasteiger partial charge is 0.493 e. The molecule has 2 N–H and O–H groups in total. The summed E-state index contributed by atoms with van der Waals surface area (Å²) in [6, 6.07) is 22.3. The highest BCUT2D eigenvalue weighted by Crippen LogP contribution is 2.45. The standard InChI is InChI=1S/C27H28N2O4S/c1-5-28-23-15-12-19-8-6-7-9-21(19)27(23)22-16-25(32-3)26(33-4)17-24(22)29-34(30,31)20-13-10-18(2)11-14-20/h6-17,28-29H,5H2,1-4H3. The minimum absolute atomic E-state index is 0.184. The number of fused-ring (bicyclic) bond motifs is 1. The summed E-state index contributed by atoms with van der Waals surface area (Å²) in [4.78, 5) is 0.184. The third-order valence-electron chi connectivity index (χ3n) is 5.66. The van der Waals surface area contributed by atoms with Gasteiger partial charge >= 0.3 is 0 Å². The Morgan fingerprint density at radius 2 is 1.50 bits per heavy atom. The lowest BCUT2D eigenvalue weighted by atomic mass is 9.94. The van der Waals surface area contributed by atoms with Crippen molar-refractivity contribution >= 4 is 32.2 Å². The summed E-state index contributed by atoms with van der Waals surface area (Å²) in [5.74, 6) is 0.935. The van der Waals surface area contributed by atoms with Crippen molar-refractivity contribution in [1.82, 2.24) is 0 Å². The van der Waals surface area contributed by atoms with Gasteiger partial charge in [0.1, 0.15) is 0 Å². The topological polar surface area (TPSA) is 76.7 Å². The van der Waals surface area contributed by atoms with E-state index in [9.17, 15) is 8.42 Å². The van der Waals surface area contributed by atoms with Gasteiger partial charge in [-0.05, 0) is 48.9 Å². The van der Waals surface area contributed by atoms with Crippen molar-refractivity contribution in [3.8, 4) is 22.6 Å². The zero-order chi connectivity index (χ0) is 24.3. The summed E-state index contributed by atoms with van der Waals surface area (Å²) >= 11 is 0. The highest BCUT2D eigenvalue weighted by atomic mass is 32.2. The second-order valence-electron chi connectivity index (χ2n) is 7.91. The molecule has 176 valence electrons. The van der Waals surface area contributed by atoms with Crippen LogP contribution < -0.4 is 19.5 Å². The van der Waals surface area contributed by atoms with Crippen LogP contribution in [0.1, 0.15) is 12.5 Å². The van der Waals surface area contributed by atoms with Gasteiger partial charge in [0.25, 0.3) is 10.0 Å². The molecule has 0 radical (unpaired) electrons. The first-order valence-corrected chi connectivity index (χ1v) is 12.5. The van der Waals surface area contributed by atoms with Crippen LogP contribution in [0.2, 0.25) is 0 Å². The quantitative estimate of drug-likeness (QED) is 0.323. The molecule has 4 aromatic carbocycles. The molecule has 0 amide bonds. The van der Waals surface area contributed by atoms with Gasteiger partial charge in [0, 0.05) is 29.4 Å². The minimum atomic E-state index is -3.85. The van der Waals surface area contributed by atoms with E-state index >= 15 is 0 Å². The monoisotopic (exact) mass is 476 g/mol. The highest BCUT2D eigenvalue weighted by Gasteiger charge is 2.22. The van der Waals surface area contributed by atoms with E-state index < -0.39 is 10.0 Å². The van der Waals surface area contributed by atoms with Crippen LogP contribution in [0.5, 0.6) is 11.5 Å². The first-order chi connectivity index (χ1) is 16.4. The lowest BCUT2D eigenvalue weighted by Crippen LogP contribution is -2.14. The Hall–Kier alpha value is -3.71. The van der Waals surface area contributed by atoms with Gasteiger partial charge in [0.05, 0.1) is 24.8 Å². The maximum Gasteiger partial charge on any atom is 0.261 e. The van der Waals surface area contributed by atoms with Gasteiger partial charge in [0.15, 0.2) is 11.5 Å². The molecule has 4 rings (SSSR count). The molecule has 0 aliphatic carbocycles. The zero-order valence-electron chi connectivity index (χ0n) is 19.7. The molecule has 0 unspecified atom stereocenters. The molecule has 4 aromatic rings. The minimum Gasteiger partial charge on any atom is -0.493 e. The summed E-state index contributed by atoms with van der Waals surface area (Å²) in [7, 11) is -0.763. The predicted molar refractivity (Wildman–Crippen MR) is 139 cm³/mol. The summed E-state index contributed by atoms with van der Waals surface area (Å²) in [5.41, 5.74) is 3.83. The maximum atomic E-state index is 13.3. The molecular weight excluding hydrogens is 448 g/mol. The number of methoxy groups -OCH3 is 2. The Bertz CT molecular complexity index is 1430. The van der Waals surface area contributed by atoms with Gasteiger partial charge in [0.2, 0.25) is 0 Å². The molecule has 0 heterocycles. The van der Waals surface area contributed by atoms with Crippen molar-refractivity contribution in [3.05, 3.63) is 78.4 Å². The number of nitrogens with one attached hydrogen (secondary N) is 2. The molecule has 0 bridgehead atoms. The Morgan fingerprint density at radius 3 is 2.18 bits per heavy atom. The average molecular weight is 477 g/mol. The van der Waals surface area contributed by atoms with Crippen LogP contribution in [0.15, 0.2) is 77.7 Å². The van der Waals surface area contributed by atoms with E-state index in [1.807, 2.05) is 56.3 Å².